The second-order valence-electron chi connectivity index (χ2n) is 4.01. The van der Waals surface area contributed by atoms with Crippen LogP contribution in [0.1, 0.15) is 35.2 Å². The molecule has 0 aliphatic rings. The Bertz CT molecular complexity index is 430. The number of aryl methyl sites for hydroxylation is 2. The first-order valence-corrected chi connectivity index (χ1v) is 6.88. The molecule has 2 aromatic heterocycles. The molecule has 3 nitrogen and oxygen atoms in total. The van der Waals surface area contributed by atoms with Gasteiger partial charge in [0.1, 0.15) is 0 Å². The van der Waals surface area contributed by atoms with E-state index in [-0.39, 0.29) is 6.04 Å². The van der Waals surface area contributed by atoms with Gasteiger partial charge in [-0.1, -0.05) is 6.92 Å². The van der Waals surface area contributed by atoms with E-state index in [1.165, 1.54) is 15.3 Å². The fourth-order valence-corrected chi connectivity index (χ4v) is 3.01. The Kier molecular flexibility index (Phi) is 3.97. The normalized spacial score (nSPS) is 12.9. The monoisotopic (exact) mass is 249 g/mol. The third-order valence-electron chi connectivity index (χ3n) is 2.91. The van der Waals surface area contributed by atoms with E-state index < -0.39 is 0 Å². The van der Waals surface area contributed by atoms with Gasteiger partial charge in [0.25, 0.3) is 0 Å². The van der Waals surface area contributed by atoms with E-state index in [1.807, 2.05) is 29.3 Å². The molecular formula is C13H19N3S. The summed E-state index contributed by atoms with van der Waals surface area (Å²) < 4.78 is 1.97. The Hall–Kier alpha value is -1.13. The van der Waals surface area contributed by atoms with E-state index in [9.17, 15) is 0 Å². The molecule has 0 aliphatic heterocycles. The third kappa shape index (κ3) is 2.58. The largest absolute Gasteiger partial charge is 0.309 e. The fourth-order valence-electron chi connectivity index (χ4n) is 1.91. The van der Waals surface area contributed by atoms with Crippen molar-refractivity contribution in [1.82, 2.24) is 15.1 Å². The molecule has 0 bridgehead atoms. The van der Waals surface area contributed by atoms with E-state index in [1.54, 1.807) is 0 Å². The SMILES string of the molecule is CCc1ccc(C(NC)c2cnn(CC)c2)s1. The number of rotatable bonds is 5. The molecule has 4 heteroatoms. The molecule has 0 aromatic carbocycles. The van der Waals surface area contributed by atoms with Gasteiger partial charge in [-0.3, -0.25) is 4.68 Å². The average molecular weight is 249 g/mol. The van der Waals surface area contributed by atoms with Crippen LogP contribution in [0.2, 0.25) is 0 Å². The molecule has 2 rings (SSSR count). The Balaban J connectivity index is 2.26. The molecule has 92 valence electrons. The zero-order valence-corrected chi connectivity index (χ0v) is 11.4. The van der Waals surface area contributed by atoms with Crippen LogP contribution in [0.5, 0.6) is 0 Å². The molecule has 0 saturated carbocycles. The molecule has 1 unspecified atom stereocenters. The lowest BCUT2D eigenvalue weighted by molar-refractivity contribution is 0.655. The highest BCUT2D eigenvalue weighted by atomic mass is 32.1. The Morgan fingerprint density at radius 1 is 1.41 bits per heavy atom. The summed E-state index contributed by atoms with van der Waals surface area (Å²) in [6.45, 7) is 5.21. The second-order valence-corrected chi connectivity index (χ2v) is 5.21. The molecule has 17 heavy (non-hydrogen) atoms. The molecule has 0 spiro atoms. The van der Waals surface area contributed by atoms with Crippen molar-refractivity contribution in [2.24, 2.45) is 0 Å². The van der Waals surface area contributed by atoms with Crippen molar-refractivity contribution in [2.75, 3.05) is 7.05 Å². The van der Waals surface area contributed by atoms with E-state index in [0.29, 0.717) is 0 Å². The van der Waals surface area contributed by atoms with Gasteiger partial charge in [-0.25, -0.2) is 0 Å². The molecule has 0 radical (unpaired) electrons. The summed E-state index contributed by atoms with van der Waals surface area (Å²) in [6.07, 6.45) is 5.18. The van der Waals surface area contributed by atoms with Crippen molar-refractivity contribution in [3.8, 4) is 0 Å². The molecule has 0 aliphatic carbocycles. The van der Waals surface area contributed by atoms with Gasteiger partial charge in [0.15, 0.2) is 0 Å². The van der Waals surface area contributed by atoms with E-state index in [4.69, 9.17) is 0 Å². The van der Waals surface area contributed by atoms with Crippen molar-refractivity contribution < 1.29 is 0 Å². The Labute approximate surface area is 106 Å². The standard InChI is InChI=1S/C13H19N3S/c1-4-11-6-7-12(17-11)13(14-3)10-8-15-16(5-2)9-10/h6-9,13-14H,4-5H2,1-3H3. The summed E-state index contributed by atoms with van der Waals surface area (Å²) in [5.74, 6) is 0. The average Bonchev–Trinajstić information content (AvgIpc) is 2.99. The van der Waals surface area contributed by atoms with Gasteiger partial charge in [-0.05, 0) is 32.5 Å². The molecule has 2 heterocycles. The van der Waals surface area contributed by atoms with Crippen molar-refractivity contribution in [3.05, 3.63) is 39.8 Å². The third-order valence-corrected chi connectivity index (χ3v) is 4.21. The number of nitrogens with one attached hydrogen (secondary N) is 1. The quantitative estimate of drug-likeness (QED) is 0.883. The molecule has 1 atom stereocenters. The summed E-state index contributed by atoms with van der Waals surface area (Å²) in [4.78, 5) is 2.79. The van der Waals surface area contributed by atoms with Crippen LogP contribution in [0.3, 0.4) is 0 Å². The van der Waals surface area contributed by atoms with Crippen molar-refractivity contribution in [2.45, 2.75) is 32.9 Å². The molecular weight excluding hydrogens is 230 g/mol. The van der Waals surface area contributed by atoms with Crippen molar-refractivity contribution >= 4 is 11.3 Å². The van der Waals surface area contributed by atoms with Crippen LogP contribution in [-0.2, 0) is 13.0 Å². The molecule has 0 saturated heterocycles. The lowest BCUT2D eigenvalue weighted by Gasteiger charge is -2.12. The van der Waals surface area contributed by atoms with Crippen LogP contribution in [0.25, 0.3) is 0 Å². The van der Waals surface area contributed by atoms with Gasteiger partial charge in [-0.15, -0.1) is 11.3 Å². The topological polar surface area (TPSA) is 29.9 Å². The van der Waals surface area contributed by atoms with Gasteiger partial charge in [-0.2, -0.15) is 5.10 Å². The first-order valence-electron chi connectivity index (χ1n) is 6.06. The van der Waals surface area contributed by atoms with Crippen molar-refractivity contribution in [3.63, 3.8) is 0 Å². The number of hydrogen-bond acceptors (Lipinski definition) is 3. The Morgan fingerprint density at radius 2 is 2.24 bits per heavy atom. The minimum atomic E-state index is 0.264. The van der Waals surface area contributed by atoms with Crippen LogP contribution in [-0.4, -0.2) is 16.8 Å². The second kappa shape index (κ2) is 5.47. The molecule has 0 amide bonds. The minimum absolute atomic E-state index is 0.264. The minimum Gasteiger partial charge on any atom is -0.309 e. The maximum absolute atomic E-state index is 4.34. The lowest BCUT2D eigenvalue weighted by Crippen LogP contribution is -2.15. The highest BCUT2D eigenvalue weighted by molar-refractivity contribution is 7.12. The first-order chi connectivity index (χ1) is 8.28. The predicted molar refractivity (Wildman–Crippen MR) is 72.5 cm³/mol. The maximum atomic E-state index is 4.34. The van der Waals surface area contributed by atoms with Crippen LogP contribution >= 0.6 is 11.3 Å². The predicted octanol–water partition coefficient (Wildman–Crippen LogP) is 2.84. The smallest absolute Gasteiger partial charge is 0.0699 e. The van der Waals surface area contributed by atoms with Gasteiger partial charge in [0.2, 0.25) is 0 Å². The van der Waals surface area contributed by atoms with E-state index >= 15 is 0 Å². The van der Waals surface area contributed by atoms with Crippen LogP contribution in [0.4, 0.5) is 0 Å². The van der Waals surface area contributed by atoms with Crippen molar-refractivity contribution in [1.29, 1.82) is 0 Å². The van der Waals surface area contributed by atoms with Crippen LogP contribution in [0.15, 0.2) is 24.5 Å². The summed E-state index contributed by atoms with van der Waals surface area (Å²) in [6, 6.07) is 4.70. The molecule has 1 N–H and O–H groups in total. The lowest BCUT2D eigenvalue weighted by atomic mass is 10.1. The number of thiophene rings is 1. The Morgan fingerprint density at radius 3 is 2.76 bits per heavy atom. The first kappa shape index (κ1) is 12.3. The summed E-state index contributed by atoms with van der Waals surface area (Å²) in [7, 11) is 2.00. The zero-order chi connectivity index (χ0) is 12.3. The zero-order valence-electron chi connectivity index (χ0n) is 10.6. The van der Waals surface area contributed by atoms with Crippen LogP contribution < -0.4 is 5.32 Å². The highest BCUT2D eigenvalue weighted by Crippen LogP contribution is 2.28. The maximum Gasteiger partial charge on any atom is 0.0699 e. The van der Waals surface area contributed by atoms with Gasteiger partial charge >= 0.3 is 0 Å². The van der Waals surface area contributed by atoms with Crippen LogP contribution in [0, 0.1) is 0 Å². The van der Waals surface area contributed by atoms with Gasteiger partial charge in [0.05, 0.1) is 12.2 Å². The fraction of sp³-hybridized carbons (Fsp3) is 0.462. The van der Waals surface area contributed by atoms with E-state index in [0.717, 1.165) is 13.0 Å². The number of aromatic nitrogens is 2. The van der Waals surface area contributed by atoms with Gasteiger partial charge in [0, 0.05) is 28.1 Å². The summed E-state index contributed by atoms with van der Waals surface area (Å²) in [5, 5.41) is 7.70. The van der Waals surface area contributed by atoms with E-state index in [2.05, 4.69) is 42.6 Å². The summed E-state index contributed by atoms with van der Waals surface area (Å²) >= 11 is 1.88. The van der Waals surface area contributed by atoms with Gasteiger partial charge < -0.3 is 5.32 Å². The molecule has 2 aromatic rings. The number of hydrogen-bond donors (Lipinski definition) is 1. The number of nitrogens with zero attached hydrogens (tertiary/aromatic N) is 2. The molecule has 0 fully saturated rings. The summed E-state index contributed by atoms with van der Waals surface area (Å²) in [5.41, 5.74) is 1.24. The highest BCUT2D eigenvalue weighted by Gasteiger charge is 2.15.